The smallest absolute Gasteiger partial charge is 0.416 e. The first-order valence-corrected chi connectivity index (χ1v) is 12.1. The van der Waals surface area contributed by atoms with Crippen LogP contribution in [0.25, 0.3) is 0 Å². The van der Waals surface area contributed by atoms with Crippen LogP contribution in [0.5, 0.6) is 0 Å². The molecule has 9 heteroatoms. The van der Waals surface area contributed by atoms with Crippen LogP contribution in [-0.4, -0.2) is 52.9 Å². The third-order valence-electron chi connectivity index (χ3n) is 6.74. The van der Waals surface area contributed by atoms with Gasteiger partial charge >= 0.3 is 12.1 Å². The molecular weight excluding hydrogens is 478 g/mol. The van der Waals surface area contributed by atoms with Gasteiger partial charge in [-0.2, -0.15) is 13.2 Å². The number of hydrogen-bond acceptors (Lipinski definition) is 4. The summed E-state index contributed by atoms with van der Waals surface area (Å²) in [6.45, 7) is 4.35. The van der Waals surface area contributed by atoms with Crippen LogP contribution in [0.2, 0.25) is 0 Å². The lowest BCUT2D eigenvalue weighted by Crippen LogP contribution is -2.39. The van der Waals surface area contributed by atoms with Crippen molar-refractivity contribution in [2.24, 2.45) is 0 Å². The van der Waals surface area contributed by atoms with Gasteiger partial charge in [-0.3, -0.25) is 9.69 Å². The van der Waals surface area contributed by atoms with E-state index in [0.717, 1.165) is 31.0 Å². The highest BCUT2D eigenvalue weighted by Gasteiger charge is 2.35. The van der Waals surface area contributed by atoms with E-state index in [2.05, 4.69) is 4.90 Å². The molecule has 36 heavy (non-hydrogen) atoms. The van der Waals surface area contributed by atoms with Gasteiger partial charge in [0.25, 0.3) is 0 Å². The highest BCUT2D eigenvalue weighted by molar-refractivity contribution is 5.67. The van der Waals surface area contributed by atoms with Crippen molar-refractivity contribution in [1.29, 1.82) is 0 Å². The van der Waals surface area contributed by atoms with Crippen molar-refractivity contribution in [1.82, 2.24) is 4.90 Å². The maximum atomic E-state index is 13.9. The van der Waals surface area contributed by atoms with Crippen molar-refractivity contribution < 1.29 is 37.3 Å². The van der Waals surface area contributed by atoms with Gasteiger partial charge in [0.05, 0.1) is 24.4 Å². The maximum absolute atomic E-state index is 13.9. The Hall–Kier alpha value is -2.49. The van der Waals surface area contributed by atoms with E-state index in [1.807, 2.05) is 6.07 Å². The quantitative estimate of drug-likeness (QED) is 0.400. The predicted molar refractivity (Wildman–Crippen MR) is 127 cm³/mol. The first-order valence-electron chi connectivity index (χ1n) is 12.1. The van der Waals surface area contributed by atoms with Gasteiger partial charge in [-0.05, 0) is 80.5 Å². The van der Waals surface area contributed by atoms with Crippen molar-refractivity contribution in [3.8, 4) is 0 Å². The van der Waals surface area contributed by atoms with Crippen LogP contribution in [0.1, 0.15) is 60.1 Å². The normalized spacial score (nSPS) is 18.4. The molecule has 0 unspecified atom stereocenters. The van der Waals surface area contributed by atoms with E-state index in [-0.39, 0.29) is 36.0 Å². The van der Waals surface area contributed by atoms with Gasteiger partial charge in [0.2, 0.25) is 0 Å². The zero-order valence-corrected chi connectivity index (χ0v) is 20.5. The van der Waals surface area contributed by atoms with E-state index in [4.69, 9.17) is 9.84 Å². The number of ether oxygens (including phenoxy) is 1. The Morgan fingerprint density at radius 1 is 1.25 bits per heavy atom. The molecule has 0 aliphatic carbocycles. The summed E-state index contributed by atoms with van der Waals surface area (Å²) >= 11 is 0. The first-order chi connectivity index (χ1) is 17.0. The fourth-order valence-electron chi connectivity index (χ4n) is 4.83. The van der Waals surface area contributed by atoms with Crippen LogP contribution in [0.4, 0.5) is 17.6 Å². The largest absolute Gasteiger partial charge is 0.481 e. The molecule has 2 aromatic carbocycles. The third kappa shape index (κ3) is 7.51. The lowest BCUT2D eigenvalue weighted by Gasteiger charge is -2.28. The third-order valence-corrected chi connectivity index (χ3v) is 6.74. The number of aliphatic carboxylic acids is 1. The number of carboxylic acids is 1. The van der Waals surface area contributed by atoms with Crippen molar-refractivity contribution in [2.75, 3.05) is 19.7 Å². The number of carboxylic acid groups (broad SMARTS) is 1. The van der Waals surface area contributed by atoms with Crippen molar-refractivity contribution in [3.63, 3.8) is 0 Å². The Morgan fingerprint density at radius 3 is 2.67 bits per heavy atom. The zero-order valence-electron chi connectivity index (χ0n) is 20.5. The summed E-state index contributed by atoms with van der Waals surface area (Å²) in [5, 5.41) is 19.6. The molecule has 0 radical (unpaired) electrons. The Labute approximate surface area is 208 Å². The highest BCUT2D eigenvalue weighted by Crippen LogP contribution is 2.36. The molecule has 1 saturated heterocycles. The second-order valence-corrected chi connectivity index (χ2v) is 9.47. The SMILES string of the molecule is Cc1ccc(C[C@@H]2CCCN2C[C@@H](O)CO[C@H](C)c2cccc(C(F)(F)F)c2CCC(=O)O)cc1F. The van der Waals surface area contributed by atoms with Gasteiger partial charge < -0.3 is 14.9 Å². The number of aryl methyl sites for hydroxylation is 1. The Bertz CT molecular complexity index is 1040. The fraction of sp³-hybridized carbons (Fsp3) is 0.519. The first kappa shape index (κ1) is 28.1. The summed E-state index contributed by atoms with van der Waals surface area (Å²) in [6, 6.07) is 9.09. The summed E-state index contributed by atoms with van der Waals surface area (Å²) < 4.78 is 60.3. The molecule has 0 spiro atoms. The average molecular weight is 512 g/mol. The minimum absolute atomic E-state index is 0.0852. The van der Waals surface area contributed by atoms with Crippen LogP contribution in [-0.2, 0) is 28.5 Å². The Balaban J connectivity index is 1.61. The van der Waals surface area contributed by atoms with E-state index in [1.165, 1.54) is 12.1 Å². The van der Waals surface area contributed by atoms with E-state index < -0.39 is 36.3 Å². The van der Waals surface area contributed by atoms with Crippen molar-refractivity contribution >= 4 is 5.97 Å². The maximum Gasteiger partial charge on any atom is 0.416 e. The van der Waals surface area contributed by atoms with E-state index in [0.29, 0.717) is 18.5 Å². The second kappa shape index (κ2) is 12.2. The number of likely N-dealkylation sites (tertiary alicyclic amines) is 1. The molecule has 1 aliphatic rings. The van der Waals surface area contributed by atoms with Gasteiger partial charge in [0, 0.05) is 19.0 Å². The minimum atomic E-state index is -4.62. The average Bonchev–Trinajstić information content (AvgIpc) is 3.23. The number of hydrogen-bond donors (Lipinski definition) is 2. The number of β-amino-alcohol motifs (C(OH)–C–C–N with tert-alkyl or cyclic N) is 1. The van der Waals surface area contributed by atoms with Gasteiger partial charge in [-0.25, -0.2) is 4.39 Å². The standard InChI is InChI=1S/C27H33F4NO4/c1-17-8-9-19(14-25(17)28)13-20-5-4-12-32(20)15-21(33)16-36-18(2)22-6-3-7-24(27(29,30)31)23(22)10-11-26(34)35/h3,6-9,14,18,20-21,33H,4-5,10-13,15-16H2,1-2H3,(H,34,35)/t18-,20+,21-/m1/s1. The molecule has 1 fully saturated rings. The number of nitrogens with zero attached hydrogens (tertiary/aromatic N) is 1. The summed E-state index contributed by atoms with van der Waals surface area (Å²) in [5.41, 5.74) is 0.783. The molecule has 0 amide bonds. The molecule has 0 aromatic heterocycles. The van der Waals surface area contributed by atoms with Crippen molar-refractivity contribution in [3.05, 3.63) is 70.0 Å². The van der Waals surface area contributed by atoms with Gasteiger partial charge in [-0.1, -0.05) is 24.3 Å². The number of carbonyl (C=O) groups is 1. The monoisotopic (exact) mass is 511 g/mol. The molecule has 1 heterocycles. The molecular formula is C27H33F4NO4. The zero-order chi connectivity index (χ0) is 26.5. The molecule has 1 aliphatic heterocycles. The second-order valence-electron chi connectivity index (χ2n) is 9.47. The van der Waals surface area contributed by atoms with Crippen LogP contribution in [0.15, 0.2) is 36.4 Å². The molecule has 3 atom stereocenters. The van der Waals surface area contributed by atoms with Crippen molar-refractivity contribution in [2.45, 2.75) is 70.4 Å². The van der Waals surface area contributed by atoms with E-state index in [9.17, 15) is 27.5 Å². The van der Waals surface area contributed by atoms with Crippen LogP contribution < -0.4 is 0 Å². The highest BCUT2D eigenvalue weighted by atomic mass is 19.4. The number of benzene rings is 2. The van der Waals surface area contributed by atoms with E-state index >= 15 is 0 Å². The number of alkyl halides is 3. The number of rotatable bonds is 11. The molecule has 198 valence electrons. The van der Waals surface area contributed by atoms with Gasteiger partial charge in [0.15, 0.2) is 0 Å². The van der Waals surface area contributed by atoms with Gasteiger partial charge in [0.1, 0.15) is 5.82 Å². The lowest BCUT2D eigenvalue weighted by atomic mass is 9.93. The Morgan fingerprint density at radius 2 is 2.00 bits per heavy atom. The lowest BCUT2D eigenvalue weighted by molar-refractivity contribution is -0.140. The topological polar surface area (TPSA) is 70.0 Å². The molecule has 5 nitrogen and oxygen atoms in total. The fourth-order valence-corrected chi connectivity index (χ4v) is 4.83. The van der Waals surface area contributed by atoms with E-state index in [1.54, 1.807) is 26.0 Å². The molecule has 0 bridgehead atoms. The molecule has 2 aromatic rings. The number of aliphatic hydroxyl groups excluding tert-OH is 1. The summed E-state index contributed by atoms with van der Waals surface area (Å²) in [5.74, 6) is -1.42. The minimum Gasteiger partial charge on any atom is -0.481 e. The number of aliphatic hydroxyl groups is 1. The number of halogens is 4. The molecule has 3 rings (SSSR count). The molecule has 0 saturated carbocycles. The van der Waals surface area contributed by atoms with Crippen LogP contribution in [0, 0.1) is 12.7 Å². The summed E-state index contributed by atoms with van der Waals surface area (Å²) in [6.07, 6.45) is -4.40. The Kier molecular flexibility index (Phi) is 9.49. The summed E-state index contributed by atoms with van der Waals surface area (Å²) in [4.78, 5) is 13.1. The van der Waals surface area contributed by atoms with Crippen LogP contribution >= 0.6 is 0 Å². The summed E-state index contributed by atoms with van der Waals surface area (Å²) in [7, 11) is 0. The predicted octanol–water partition coefficient (Wildman–Crippen LogP) is 5.32. The van der Waals surface area contributed by atoms with Gasteiger partial charge in [-0.15, -0.1) is 0 Å². The van der Waals surface area contributed by atoms with Crippen LogP contribution in [0.3, 0.4) is 0 Å². The molecule has 2 N–H and O–H groups in total.